The molecule has 0 saturated carbocycles. The van der Waals surface area contributed by atoms with Crippen molar-refractivity contribution in [2.45, 2.75) is 18.4 Å². The molecule has 1 aromatic heterocycles. The summed E-state index contributed by atoms with van der Waals surface area (Å²) in [5.41, 5.74) is -0.837. The maximum atomic E-state index is 11.3. The van der Waals surface area contributed by atoms with Crippen molar-refractivity contribution < 1.29 is 9.90 Å². The minimum atomic E-state index is -0.837. The van der Waals surface area contributed by atoms with Crippen molar-refractivity contribution in [3.63, 3.8) is 0 Å². The first-order chi connectivity index (χ1) is 6.65. The van der Waals surface area contributed by atoms with E-state index in [-0.39, 0.29) is 0 Å². The van der Waals surface area contributed by atoms with Gasteiger partial charge >= 0.3 is 5.97 Å². The van der Waals surface area contributed by atoms with Gasteiger partial charge in [0.1, 0.15) is 0 Å². The number of carboxylic acid groups (broad SMARTS) is 1. The lowest BCUT2D eigenvalue weighted by atomic mass is 9.96. The van der Waals surface area contributed by atoms with E-state index in [9.17, 15) is 9.90 Å². The molecule has 0 radical (unpaired) electrons. The van der Waals surface area contributed by atoms with E-state index >= 15 is 0 Å². The van der Waals surface area contributed by atoms with Gasteiger partial charge in [-0.1, -0.05) is 0 Å². The normalized spacial score (nSPS) is 26.6. The number of thiophene rings is 1. The molecule has 5 heteroatoms. The van der Waals surface area contributed by atoms with Gasteiger partial charge in [0.2, 0.25) is 0 Å². The van der Waals surface area contributed by atoms with Crippen LogP contribution in [0, 0.1) is 0 Å². The van der Waals surface area contributed by atoms with Crippen LogP contribution in [0.25, 0.3) is 0 Å². The summed E-state index contributed by atoms with van der Waals surface area (Å²) >= 11 is 4.84. The molecule has 0 aliphatic carbocycles. The molecule has 0 spiro atoms. The Morgan fingerprint density at radius 2 is 2.43 bits per heavy atom. The van der Waals surface area contributed by atoms with Gasteiger partial charge in [-0.25, -0.2) is 4.79 Å². The molecule has 76 valence electrons. The Morgan fingerprint density at radius 3 is 2.86 bits per heavy atom. The Kier molecular flexibility index (Phi) is 2.64. The van der Waals surface area contributed by atoms with E-state index in [0.29, 0.717) is 6.42 Å². The summed E-state index contributed by atoms with van der Waals surface area (Å²) < 4.78 is 0.974. The highest BCUT2D eigenvalue weighted by Crippen LogP contribution is 2.37. The molecule has 1 saturated heterocycles. The number of nitrogens with one attached hydrogen (secondary N) is 1. The molecule has 14 heavy (non-hydrogen) atoms. The van der Waals surface area contributed by atoms with Gasteiger partial charge in [-0.2, -0.15) is 0 Å². The summed E-state index contributed by atoms with van der Waals surface area (Å²) in [6.45, 7) is 0.780. The second-order valence-electron chi connectivity index (χ2n) is 3.34. The number of halogens is 1. The predicted molar refractivity (Wildman–Crippen MR) is 58.6 cm³/mol. The molecule has 0 bridgehead atoms. The maximum absolute atomic E-state index is 11.3. The van der Waals surface area contributed by atoms with Crippen LogP contribution in [0.2, 0.25) is 0 Å². The van der Waals surface area contributed by atoms with Crippen LogP contribution < -0.4 is 5.32 Å². The Bertz CT molecular complexity index is 357. The van der Waals surface area contributed by atoms with E-state index < -0.39 is 11.5 Å². The largest absolute Gasteiger partial charge is 0.480 e. The van der Waals surface area contributed by atoms with Crippen LogP contribution in [0.5, 0.6) is 0 Å². The molecule has 1 aromatic rings. The smallest absolute Gasteiger partial charge is 0.329 e. The second kappa shape index (κ2) is 3.64. The van der Waals surface area contributed by atoms with E-state index in [0.717, 1.165) is 21.6 Å². The Hall–Kier alpha value is -0.390. The van der Waals surface area contributed by atoms with Gasteiger partial charge in [-0.15, -0.1) is 11.3 Å². The molecule has 2 N–H and O–H groups in total. The standard InChI is InChI=1S/C9H10BrNO2S/c10-7-3-2-6(14-7)9(8(12)13)4-1-5-11-9/h2-3,11H,1,4-5H2,(H,12,13). The first-order valence-corrected chi connectivity index (χ1v) is 6.00. The highest BCUT2D eigenvalue weighted by Gasteiger charge is 2.43. The van der Waals surface area contributed by atoms with Crippen LogP contribution in [-0.2, 0) is 10.3 Å². The van der Waals surface area contributed by atoms with Crippen molar-refractivity contribution >= 4 is 33.2 Å². The molecule has 1 unspecified atom stereocenters. The highest BCUT2D eigenvalue weighted by molar-refractivity contribution is 9.11. The third-order valence-corrected chi connectivity index (χ3v) is 4.30. The molecule has 3 nitrogen and oxygen atoms in total. The van der Waals surface area contributed by atoms with Crippen LogP contribution in [0.3, 0.4) is 0 Å². The first-order valence-electron chi connectivity index (χ1n) is 4.39. The van der Waals surface area contributed by atoms with Crippen LogP contribution in [-0.4, -0.2) is 17.6 Å². The fourth-order valence-corrected chi connectivity index (χ4v) is 3.36. The van der Waals surface area contributed by atoms with E-state index in [2.05, 4.69) is 21.2 Å². The number of aliphatic carboxylic acids is 1. The molecule has 1 fully saturated rings. The summed E-state index contributed by atoms with van der Waals surface area (Å²) in [6.07, 6.45) is 1.59. The maximum Gasteiger partial charge on any atom is 0.329 e. The third kappa shape index (κ3) is 1.49. The molecule has 2 heterocycles. The zero-order valence-electron chi connectivity index (χ0n) is 7.42. The van der Waals surface area contributed by atoms with Gasteiger partial charge < -0.3 is 5.11 Å². The van der Waals surface area contributed by atoms with Crippen molar-refractivity contribution in [1.82, 2.24) is 5.32 Å². The van der Waals surface area contributed by atoms with E-state index in [1.54, 1.807) is 0 Å². The first kappa shape index (κ1) is 10.1. The molecule has 2 rings (SSSR count). The monoisotopic (exact) mass is 275 g/mol. The minimum absolute atomic E-state index is 0.676. The molecular weight excluding hydrogens is 266 g/mol. The number of carboxylic acids is 1. The van der Waals surface area contributed by atoms with Crippen LogP contribution >= 0.6 is 27.3 Å². The average Bonchev–Trinajstić information content (AvgIpc) is 2.71. The minimum Gasteiger partial charge on any atom is -0.480 e. The Morgan fingerprint density at radius 1 is 1.64 bits per heavy atom. The van der Waals surface area contributed by atoms with E-state index in [1.165, 1.54) is 11.3 Å². The van der Waals surface area contributed by atoms with Gasteiger partial charge in [-0.05, 0) is 47.4 Å². The van der Waals surface area contributed by atoms with E-state index in [1.807, 2.05) is 12.1 Å². The molecule has 1 aliphatic rings. The van der Waals surface area contributed by atoms with Crippen molar-refractivity contribution in [3.8, 4) is 0 Å². The summed E-state index contributed by atoms with van der Waals surface area (Å²) in [7, 11) is 0. The summed E-state index contributed by atoms with van der Waals surface area (Å²) in [6, 6.07) is 3.77. The zero-order valence-corrected chi connectivity index (χ0v) is 9.82. The molecule has 0 amide bonds. The van der Waals surface area contributed by atoms with Gasteiger partial charge in [0.15, 0.2) is 5.54 Å². The van der Waals surface area contributed by atoms with Gasteiger partial charge in [0.05, 0.1) is 3.79 Å². The second-order valence-corrected chi connectivity index (χ2v) is 5.81. The van der Waals surface area contributed by atoms with Crippen molar-refractivity contribution in [1.29, 1.82) is 0 Å². The zero-order chi connectivity index (χ0) is 10.2. The fourth-order valence-electron chi connectivity index (χ4n) is 1.79. The molecule has 1 atom stereocenters. The van der Waals surface area contributed by atoms with Gasteiger partial charge in [0, 0.05) is 4.88 Å². The topological polar surface area (TPSA) is 49.3 Å². The Balaban J connectivity index is 2.41. The summed E-state index contributed by atoms with van der Waals surface area (Å²) in [4.78, 5) is 12.1. The highest BCUT2D eigenvalue weighted by atomic mass is 79.9. The summed E-state index contributed by atoms with van der Waals surface area (Å²) in [5.74, 6) is -0.774. The molecule has 0 aromatic carbocycles. The van der Waals surface area contributed by atoms with Crippen LogP contribution in [0.1, 0.15) is 17.7 Å². The fraction of sp³-hybridized carbons (Fsp3) is 0.444. The average molecular weight is 276 g/mol. The number of carbonyl (C=O) groups is 1. The quantitative estimate of drug-likeness (QED) is 0.870. The van der Waals surface area contributed by atoms with Crippen molar-refractivity contribution in [2.75, 3.05) is 6.54 Å². The molecular formula is C9H10BrNO2S. The molecule has 1 aliphatic heterocycles. The van der Waals surface area contributed by atoms with Crippen molar-refractivity contribution in [2.24, 2.45) is 0 Å². The van der Waals surface area contributed by atoms with E-state index in [4.69, 9.17) is 0 Å². The number of rotatable bonds is 2. The number of hydrogen-bond donors (Lipinski definition) is 2. The lowest BCUT2D eigenvalue weighted by molar-refractivity contribution is -0.144. The van der Waals surface area contributed by atoms with Crippen LogP contribution in [0.4, 0.5) is 0 Å². The van der Waals surface area contributed by atoms with Crippen LogP contribution in [0.15, 0.2) is 15.9 Å². The number of hydrogen-bond acceptors (Lipinski definition) is 3. The lowest BCUT2D eigenvalue weighted by Crippen LogP contribution is -2.43. The Labute approximate surface area is 94.3 Å². The van der Waals surface area contributed by atoms with Gasteiger partial charge in [0.25, 0.3) is 0 Å². The lowest BCUT2D eigenvalue weighted by Gasteiger charge is -2.22. The summed E-state index contributed by atoms with van der Waals surface area (Å²) in [5, 5.41) is 12.3. The third-order valence-electron chi connectivity index (χ3n) is 2.51. The van der Waals surface area contributed by atoms with Gasteiger partial charge in [-0.3, -0.25) is 5.32 Å². The predicted octanol–water partition coefficient (Wildman–Crippen LogP) is 2.17. The SMILES string of the molecule is O=C(O)C1(c2ccc(Br)s2)CCCN1. The van der Waals surface area contributed by atoms with Crippen molar-refractivity contribution in [3.05, 3.63) is 20.8 Å².